The lowest BCUT2D eigenvalue weighted by Gasteiger charge is -2.10. The lowest BCUT2D eigenvalue weighted by Crippen LogP contribution is -2.22. The summed E-state index contributed by atoms with van der Waals surface area (Å²) in [6.45, 7) is 4.22. The van der Waals surface area contributed by atoms with E-state index in [1.807, 2.05) is 32.0 Å². The molecule has 0 aliphatic heterocycles. The highest BCUT2D eigenvalue weighted by Crippen LogP contribution is 2.17. The van der Waals surface area contributed by atoms with E-state index in [2.05, 4.69) is 16.0 Å². The van der Waals surface area contributed by atoms with Crippen molar-refractivity contribution in [2.24, 2.45) is 0 Å². The van der Waals surface area contributed by atoms with Gasteiger partial charge in [0.1, 0.15) is 0 Å². The minimum absolute atomic E-state index is 0.144. The van der Waals surface area contributed by atoms with E-state index in [9.17, 15) is 9.59 Å². The van der Waals surface area contributed by atoms with Gasteiger partial charge in [0.15, 0.2) is 5.76 Å². The van der Waals surface area contributed by atoms with E-state index in [0.29, 0.717) is 11.4 Å². The zero-order valence-electron chi connectivity index (χ0n) is 15.2. The van der Waals surface area contributed by atoms with Gasteiger partial charge >= 0.3 is 0 Å². The summed E-state index contributed by atoms with van der Waals surface area (Å²) >= 11 is 0. The number of nitrogens with one attached hydrogen (secondary N) is 3. The number of carbonyl (C=O) groups is 2. The predicted octanol–water partition coefficient (Wildman–Crippen LogP) is 4.20. The summed E-state index contributed by atoms with van der Waals surface area (Å²) in [4.78, 5) is 24.2. The van der Waals surface area contributed by atoms with E-state index < -0.39 is 0 Å². The lowest BCUT2D eigenvalue weighted by molar-refractivity contribution is -0.114. The molecule has 3 rings (SSSR count). The molecule has 6 heteroatoms. The number of hydrogen-bond acceptors (Lipinski definition) is 4. The maximum atomic E-state index is 12.2. The number of furan rings is 1. The highest BCUT2D eigenvalue weighted by atomic mass is 16.3. The fraction of sp³-hybridized carbons (Fsp3) is 0.143. The van der Waals surface area contributed by atoms with Crippen LogP contribution in [0.25, 0.3) is 0 Å². The van der Waals surface area contributed by atoms with Crippen LogP contribution in [0.5, 0.6) is 0 Å². The van der Waals surface area contributed by atoms with E-state index >= 15 is 0 Å². The van der Waals surface area contributed by atoms with Gasteiger partial charge in [0.2, 0.25) is 5.91 Å². The third-order valence-corrected chi connectivity index (χ3v) is 4.11. The Balaban J connectivity index is 1.56. The van der Waals surface area contributed by atoms with Gasteiger partial charge in [-0.2, -0.15) is 0 Å². The van der Waals surface area contributed by atoms with Gasteiger partial charge in [-0.1, -0.05) is 12.1 Å². The van der Waals surface area contributed by atoms with Gasteiger partial charge in [0, 0.05) is 17.1 Å². The normalized spacial score (nSPS) is 10.3. The lowest BCUT2D eigenvalue weighted by atomic mass is 10.1. The van der Waals surface area contributed by atoms with Crippen LogP contribution in [0.2, 0.25) is 0 Å². The third-order valence-electron chi connectivity index (χ3n) is 4.11. The molecule has 2 amide bonds. The molecular weight excluding hydrogens is 342 g/mol. The van der Waals surface area contributed by atoms with Crippen LogP contribution in [0.15, 0.2) is 65.3 Å². The van der Waals surface area contributed by atoms with Crippen molar-refractivity contribution in [3.63, 3.8) is 0 Å². The number of amides is 2. The Morgan fingerprint density at radius 1 is 0.852 bits per heavy atom. The summed E-state index contributed by atoms with van der Waals surface area (Å²) in [6, 6.07) is 16.1. The largest absolute Gasteiger partial charge is 0.459 e. The molecule has 0 aliphatic rings. The van der Waals surface area contributed by atoms with Gasteiger partial charge < -0.3 is 20.4 Å². The molecule has 0 atom stereocenters. The fourth-order valence-corrected chi connectivity index (χ4v) is 2.51. The third kappa shape index (κ3) is 4.98. The molecule has 3 N–H and O–H groups in total. The second kappa shape index (κ2) is 8.23. The predicted molar refractivity (Wildman–Crippen MR) is 106 cm³/mol. The monoisotopic (exact) mass is 363 g/mol. The van der Waals surface area contributed by atoms with Gasteiger partial charge in [0.25, 0.3) is 5.91 Å². The molecule has 0 fully saturated rings. The van der Waals surface area contributed by atoms with E-state index in [-0.39, 0.29) is 24.1 Å². The van der Waals surface area contributed by atoms with Gasteiger partial charge in [-0.05, 0) is 67.4 Å². The van der Waals surface area contributed by atoms with Crippen LogP contribution < -0.4 is 16.0 Å². The number of rotatable bonds is 6. The van der Waals surface area contributed by atoms with Crippen molar-refractivity contribution in [1.82, 2.24) is 0 Å². The smallest absolute Gasteiger partial charge is 0.291 e. The Morgan fingerprint density at radius 3 is 2.33 bits per heavy atom. The molecule has 1 aromatic heterocycles. The molecule has 6 nitrogen and oxygen atoms in total. The second-order valence-electron chi connectivity index (χ2n) is 6.21. The zero-order valence-corrected chi connectivity index (χ0v) is 15.2. The molecule has 2 aromatic carbocycles. The maximum Gasteiger partial charge on any atom is 0.291 e. The second-order valence-corrected chi connectivity index (χ2v) is 6.21. The first-order valence-electron chi connectivity index (χ1n) is 8.57. The molecule has 0 saturated carbocycles. The molecule has 0 saturated heterocycles. The topological polar surface area (TPSA) is 83.4 Å². The van der Waals surface area contributed by atoms with Crippen LogP contribution in [0, 0.1) is 13.8 Å². The first-order chi connectivity index (χ1) is 13.0. The summed E-state index contributed by atoms with van der Waals surface area (Å²) in [5, 5.41) is 8.64. The first-order valence-corrected chi connectivity index (χ1v) is 8.57. The SMILES string of the molecule is Cc1ccc(NCC(=O)Nc2cccc(NC(=O)c3ccco3)c2)cc1C. The molecule has 0 bridgehead atoms. The van der Waals surface area contributed by atoms with Crippen molar-refractivity contribution in [2.75, 3.05) is 22.5 Å². The molecule has 0 spiro atoms. The summed E-state index contributed by atoms with van der Waals surface area (Å²) in [7, 11) is 0. The molecule has 0 radical (unpaired) electrons. The Morgan fingerprint density at radius 2 is 1.63 bits per heavy atom. The standard InChI is InChI=1S/C21H21N3O3/c1-14-8-9-16(11-15(14)2)22-13-20(25)23-17-5-3-6-18(12-17)24-21(26)19-7-4-10-27-19/h3-12,22H,13H2,1-2H3,(H,23,25)(H,24,26). The van der Waals surface area contributed by atoms with Crippen molar-refractivity contribution in [3.8, 4) is 0 Å². The van der Waals surface area contributed by atoms with Crippen LogP contribution >= 0.6 is 0 Å². The minimum atomic E-state index is -0.347. The van der Waals surface area contributed by atoms with Crippen LogP contribution in [-0.4, -0.2) is 18.4 Å². The summed E-state index contributed by atoms with van der Waals surface area (Å²) < 4.78 is 5.06. The molecular formula is C21H21N3O3. The summed E-state index contributed by atoms with van der Waals surface area (Å²) in [6.07, 6.45) is 1.44. The zero-order chi connectivity index (χ0) is 19.2. The summed E-state index contributed by atoms with van der Waals surface area (Å²) in [5.41, 5.74) is 4.43. The molecule has 3 aromatic rings. The van der Waals surface area contributed by atoms with E-state index in [1.165, 1.54) is 17.4 Å². The Hall–Kier alpha value is -3.54. The average Bonchev–Trinajstić information content (AvgIpc) is 3.18. The van der Waals surface area contributed by atoms with Gasteiger partial charge in [0.05, 0.1) is 12.8 Å². The van der Waals surface area contributed by atoms with E-state index in [0.717, 1.165) is 5.69 Å². The highest BCUT2D eigenvalue weighted by molar-refractivity contribution is 6.02. The first kappa shape index (κ1) is 18.3. The van der Waals surface area contributed by atoms with Crippen LogP contribution in [0.3, 0.4) is 0 Å². The Labute approximate surface area is 157 Å². The van der Waals surface area contributed by atoms with Crippen molar-refractivity contribution in [1.29, 1.82) is 0 Å². The number of benzene rings is 2. The van der Waals surface area contributed by atoms with E-state index in [4.69, 9.17) is 4.42 Å². The number of anilines is 3. The maximum absolute atomic E-state index is 12.2. The van der Waals surface area contributed by atoms with E-state index in [1.54, 1.807) is 36.4 Å². The number of hydrogen-bond donors (Lipinski definition) is 3. The molecule has 0 aliphatic carbocycles. The minimum Gasteiger partial charge on any atom is -0.459 e. The van der Waals surface area contributed by atoms with Crippen LogP contribution in [0.4, 0.5) is 17.1 Å². The quantitative estimate of drug-likeness (QED) is 0.613. The van der Waals surface area contributed by atoms with Gasteiger partial charge in [-0.25, -0.2) is 0 Å². The van der Waals surface area contributed by atoms with Gasteiger partial charge in [-0.3, -0.25) is 9.59 Å². The van der Waals surface area contributed by atoms with Crippen LogP contribution in [0.1, 0.15) is 21.7 Å². The number of carbonyl (C=O) groups excluding carboxylic acids is 2. The average molecular weight is 363 g/mol. The van der Waals surface area contributed by atoms with Crippen molar-refractivity contribution in [3.05, 3.63) is 77.7 Å². The van der Waals surface area contributed by atoms with Crippen LogP contribution in [-0.2, 0) is 4.79 Å². The molecule has 27 heavy (non-hydrogen) atoms. The van der Waals surface area contributed by atoms with Crippen molar-refractivity contribution >= 4 is 28.9 Å². The number of aryl methyl sites for hydroxylation is 2. The highest BCUT2D eigenvalue weighted by Gasteiger charge is 2.09. The molecule has 0 unspecified atom stereocenters. The van der Waals surface area contributed by atoms with Crippen molar-refractivity contribution < 1.29 is 14.0 Å². The van der Waals surface area contributed by atoms with Gasteiger partial charge in [-0.15, -0.1) is 0 Å². The molecule has 138 valence electrons. The fourth-order valence-electron chi connectivity index (χ4n) is 2.51. The molecule has 1 heterocycles. The summed E-state index contributed by atoms with van der Waals surface area (Å²) in [5.74, 6) is -0.301. The Kier molecular flexibility index (Phi) is 5.56. The Bertz CT molecular complexity index is 949. The van der Waals surface area contributed by atoms with Crippen molar-refractivity contribution in [2.45, 2.75) is 13.8 Å².